The first kappa shape index (κ1) is 21.6. The van der Waals surface area contributed by atoms with E-state index in [1.807, 2.05) is 0 Å². The van der Waals surface area contributed by atoms with Gasteiger partial charge in [0.1, 0.15) is 17.9 Å². The van der Waals surface area contributed by atoms with Gasteiger partial charge in [-0.25, -0.2) is 0 Å². The van der Waals surface area contributed by atoms with Gasteiger partial charge >= 0.3 is 0 Å². The predicted octanol–water partition coefficient (Wildman–Crippen LogP) is 1.26. The monoisotopic (exact) mass is 396 g/mol. The molecule has 152 valence electrons. The Morgan fingerprint density at radius 2 is 1.17 bits per heavy atom. The minimum atomic E-state index is -0.391. The number of amides is 2. The van der Waals surface area contributed by atoms with E-state index in [0.29, 0.717) is 37.3 Å². The Bertz CT molecular complexity index is 809. The molecule has 0 atom stereocenters. The number of hydrogen-bond acceptors (Lipinski definition) is 6. The summed E-state index contributed by atoms with van der Waals surface area (Å²) in [5.41, 5.74) is 1.20. The van der Waals surface area contributed by atoms with E-state index in [0.717, 1.165) is 0 Å². The zero-order valence-corrected chi connectivity index (χ0v) is 15.9. The third-order valence-electron chi connectivity index (χ3n) is 3.78. The standard InChI is InChI=1S/C21H24N4O4/c26-18-7-3-1-5-16(18)14-22-9-11-24-20(28)13-21(29)25-12-10-23-15-17-6-2-4-8-19(17)27/h1-8,14-15,26-27H,9-13H2,(H,24,28)(H,25,29). The first-order chi connectivity index (χ1) is 14.1. The maximum Gasteiger partial charge on any atom is 0.229 e. The number of benzene rings is 2. The molecule has 8 nitrogen and oxygen atoms in total. The smallest absolute Gasteiger partial charge is 0.229 e. The van der Waals surface area contributed by atoms with E-state index in [4.69, 9.17) is 0 Å². The molecule has 0 saturated heterocycles. The average molecular weight is 396 g/mol. The number of phenolic OH excluding ortho intramolecular Hbond substituents is 2. The third kappa shape index (κ3) is 8.25. The molecule has 0 radical (unpaired) electrons. The number of hydrogen-bond donors (Lipinski definition) is 4. The fourth-order valence-corrected chi connectivity index (χ4v) is 2.31. The van der Waals surface area contributed by atoms with Crippen LogP contribution in [0.25, 0.3) is 0 Å². The van der Waals surface area contributed by atoms with Crippen molar-refractivity contribution in [3.63, 3.8) is 0 Å². The van der Waals surface area contributed by atoms with Gasteiger partial charge in [-0.2, -0.15) is 0 Å². The van der Waals surface area contributed by atoms with Gasteiger partial charge in [-0.05, 0) is 24.3 Å². The zero-order chi connectivity index (χ0) is 20.9. The molecule has 2 rings (SSSR count). The van der Waals surface area contributed by atoms with Crippen molar-refractivity contribution in [3.05, 3.63) is 59.7 Å². The first-order valence-corrected chi connectivity index (χ1v) is 9.15. The van der Waals surface area contributed by atoms with Gasteiger partial charge in [-0.15, -0.1) is 0 Å². The van der Waals surface area contributed by atoms with Crippen molar-refractivity contribution in [1.82, 2.24) is 10.6 Å². The Morgan fingerprint density at radius 1 is 0.759 bits per heavy atom. The van der Waals surface area contributed by atoms with E-state index in [1.165, 1.54) is 12.4 Å². The van der Waals surface area contributed by atoms with Gasteiger partial charge < -0.3 is 20.8 Å². The van der Waals surface area contributed by atoms with Crippen LogP contribution in [-0.4, -0.2) is 60.6 Å². The van der Waals surface area contributed by atoms with Crippen molar-refractivity contribution >= 4 is 24.2 Å². The lowest BCUT2D eigenvalue weighted by atomic mass is 10.2. The fraction of sp³-hybridized carbons (Fsp3) is 0.238. The molecule has 0 unspecified atom stereocenters. The van der Waals surface area contributed by atoms with Crippen LogP contribution in [0, 0.1) is 0 Å². The molecule has 8 heteroatoms. The average Bonchev–Trinajstić information content (AvgIpc) is 2.70. The summed E-state index contributed by atoms with van der Waals surface area (Å²) >= 11 is 0. The molecule has 0 spiro atoms. The van der Waals surface area contributed by atoms with Gasteiger partial charge in [0, 0.05) is 36.6 Å². The molecular weight excluding hydrogens is 372 g/mol. The van der Waals surface area contributed by atoms with Crippen LogP contribution in [0.3, 0.4) is 0 Å². The van der Waals surface area contributed by atoms with Crippen LogP contribution < -0.4 is 10.6 Å². The van der Waals surface area contributed by atoms with Crippen LogP contribution in [0.2, 0.25) is 0 Å². The highest BCUT2D eigenvalue weighted by Crippen LogP contribution is 2.13. The summed E-state index contributed by atoms with van der Waals surface area (Å²) in [6.07, 6.45) is 2.79. The minimum Gasteiger partial charge on any atom is -0.507 e. The van der Waals surface area contributed by atoms with Gasteiger partial charge in [0.25, 0.3) is 0 Å². The normalized spacial score (nSPS) is 11.0. The van der Waals surface area contributed by atoms with Crippen molar-refractivity contribution in [1.29, 1.82) is 0 Å². The van der Waals surface area contributed by atoms with Crippen molar-refractivity contribution in [2.45, 2.75) is 6.42 Å². The van der Waals surface area contributed by atoms with Crippen LogP contribution in [0.1, 0.15) is 17.5 Å². The summed E-state index contributed by atoms with van der Waals surface area (Å²) in [5, 5.41) is 24.4. The quantitative estimate of drug-likeness (QED) is 0.274. The number of nitrogens with one attached hydrogen (secondary N) is 2. The largest absolute Gasteiger partial charge is 0.507 e. The first-order valence-electron chi connectivity index (χ1n) is 9.15. The molecule has 0 bridgehead atoms. The Labute approximate surface area is 169 Å². The molecule has 0 aliphatic heterocycles. The second-order valence-corrected chi connectivity index (χ2v) is 6.06. The van der Waals surface area contributed by atoms with E-state index in [1.54, 1.807) is 48.5 Å². The summed E-state index contributed by atoms with van der Waals surface area (Å²) in [6, 6.07) is 13.6. The number of aliphatic imine (C=N–C) groups is 2. The van der Waals surface area contributed by atoms with Crippen molar-refractivity contribution in [3.8, 4) is 11.5 Å². The predicted molar refractivity (Wildman–Crippen MR) is 112 cm³/mol. The highest BCUT2D eigenvalue weighted by atomic mass is 16.3. The third-order valence-corrected chi connectivity index (χ3v) is 3.78. The molecule has 0 heterocycles. The Balaban J connectivity index is 1.57. The Kier molecular flexibility index (Phi) is 8.88. The van der Waals surface area contributed by atoms with E-state index in [-0.39, 0.29) is 17.9 Å². The van der Waals surface area contributed by atoms with Crippen molar-refractivity contribution in [2.24, 2.45) is 9.98 Å². The van der Waals surface area contributed by atoms with Crippen LogP contribution in [0.4, 0.5) is 0 Å². The van der Waals surface area contributed by atoms with E-state index >= 15 is 0 Å². The molecule has 4 N–H and O–H groups in total. The van der Waals surface area contributed by atoms with E-state index in [2.05, 4.69) is 20.6 Å². The van der Waals surface area contributed by atoms with E-state index in [9.17, 15) is 19.8 Å². The van der Waals surface area contributed by atoms with Gasteiger partial charge in [0.2, 0.25) is 11.8 Å². The summed E-state index contributed by atoms with van der Waals surface area (Å²) in [6.45, 7) is 1.26. The molecule has 0 aromatic heterocycles. The van der Waals surface area contributed by atoms with Crippen LogP contribution in [0.5, 0.6) is 11.5 Å². The lowest BCUT2D eigenvalue weighted by molar-refractivity contribution is -0.129. The number of aromatic hydroxyl groups is 2. The maximum atomic E-state index is 11.7. The van der Waals surface area contributed by atoms with E-state index < -0.39 is 11.8 Å². The summed E-state index contributed by atoms with van der Waals surface area (Å²) in [7, 11) is 0. The number of rotatable bonds is 10. The van der Waals surface area contributed by atoms with Crippen LogP contribution in [0.15, 0.2) is 58.5 Å². The Morgan fingerprint density at radius 3 is 1.59 bits per heavy atom. The molecule has 0 aliphatic carbocycles. The SMILES string of the molecule is O=C(CC(=O)NCCN=Cc1ccccc1O)NCCN=Cc1ccccc1O. The second kappa shape index (κ2) is 11.9. The minimum absolute atomic E-state index is 0.141. The summed E-state index contributed by atoms with van der Waals surface area (Å²) < 4.78 is 0. The van der Waals surface area contributed by atoms with Gasteiger partial charge in [0.05, 0.1) is 13.1 Å². The highest BCUT2D eigenvalue weighted by Gasteiger charge is 2.07. The number of para-hydroxylation sites is 2. The second-order valence-electron chi connectivity index (χ2n) is 6.06. The maximum absolute atomic E-state index is 11.7. The number of carbonyl (C=O) groups is 2. The van der Waals surface area contributed by atoms with Crippen molar-refractivity contribution < 1.29 is 19.8 Å². The lowest BCUT2D eigenvalue weighted by Gasteiger charge is -2.05. The molecule has 0 saturated carbocycles. The number of phenols is 2. The fourth-order valence-electron chi connectivity index (χ4n) is 2.31. The molecule has 2 aromatic carbocycles. The highest BCUT2D eigenvalue weighted by molar-refractivity contribution is 5.96. The summed E-state index contributed by atoms with van der Waals surface area (Å²) in [5.74, 6) is -0.500. The molecule has 2 aromatic rings. The zero-order valence-electron chi connectivity index (χ0n) is 15.9. The van der Waals surface area contributed by atoms with Gasteiger partial charge in [-0.1, -0.05) is 24.3 Å². The molecule has 29 heavy (non-hydrogen) atoms. The molecule has 2 amide bonds. The Hall–Kier alpha value is -3.68. The molecule has 0 aliphatic rings. The molecule has 0 fully saturated rings. The summed E-state index contributed by atoms with van der Waals surface area (Å²) in [4.78, 5) is 31.7. The van der Waals surface area contributed by atoms with Gasteiger partial charge in [0.15, 0.2) is 0 Å². The lowest BCUT2D eigenvalue weighted by Crippen LogP contribution is -2.34. The van der Waals surface area contributed by atoms with Crippen molar-refractivity contribution in [2.75, 3.05) is 26.2 Å². The molecular formula is C21H24N4O4. The van der Waals surface area contributed by atoms with Crippen LogP contribution >= 0.6 is 0 Å². The number of nitrogens with zero attached hydrogens (tertiary/aromatic N) is 2. The van der Waals surface area contributed by atoms with Crippen LogP contribution in [-0.2, 0) is 9.59 Å². The van der Waals surface area contributed by atoms with Gasteiger partial charge in [-0.3, -0.25) is 19.6 Å². The number of carbonyl (C=O) groups excluding carboxylic acids is 2. The topological polar surface area (TPSA) is 123 Å².